The van der Waals surface area contributed by atoms with Gasteiger partial charge in [0.1, 0.15) is 5.75 Å². The van der Waals surface area contributed by atoms with Gasteiger partial charge in [-0.1, -0.05) is 41.4 Å². The molecule has 0 bridgehead atoms. The normalized spacial score (nSPS) is 10.8. The summed E-state index contributed by atoms with van der Waals surface area (Å²) in [5, 5.41) is 10.3. The number of carbonyl (C=O) groups excluding carboxylic acids is 2. The summed E-state index contributed by atoms with van der Waals surface area (Å²) < 4.78 is 9.82. The largest absolute Gasteiger partial charge is 0.480 e. The number of anilines is 2. The van der Waals surface area contributed by atoms with E-state index in [4.69, 9.17) is 16.3 Å². The van der Waals surface area contributed by atoms with E-state index in [0.717, 1.165) is 22.1 Å². The first-order valence-electron chi connectivity index (χ1n) is 11.1. The monoisotopic (exact) mass is 534 g/mol. The Labute approximate surface area is 222 Å². The standard InChI is InChI=1S/C27H23ClN4O4S/c1-17-3-10-21(11-4-17)30-27-31-23(16-37-27)19-6-8-20(9-7-19)26(34)32-29-14-18-5-12-24(22(28)13-18)36-15-25(33)35-2/h3-14,16H,15H2,1-2H3,(H,30,31)(H,32,34)/b29-14-. The van der Waals surface area contributed by atoms with Crippen LogP contribution in [0.15, 0.2) is 77.2 Å². The van der Waals surface area contributed by atoms with Crippen molar-refractivity contribution in [3.8, 4) is 17.0 Å². The maximum Gasteiger partial charge on any atom is 0.343 e. The zero-order valence-electron chi connectivity index (χ0n) is 20.0. The van der Waals surface area contributed by atoms with Crippen LogP contribution in [0.5, 0.6) is 5.75 Å². The molecule has 0 spiro atoms. The molecule has 0 aliphatic carbocycles. The Morgan fingerprint density at radius 2 is 1.84 bits per heavy atom. The second kappa shape index (κ2) is 12.2. The molecular formula is C27H23ClN4O4S. The van der Waals surface area contributed by atoms with Gasteiger partial charge in [0.15, 0.2) is 11.7 Å². The summed E-state index contributed by atoms with van der Waals surface area (Å²) in [6.45, 7) is 1.80. The highest BCUT2D eigenvalue weighted by Gasteiger charge is 2.09. The van der Waals surface area contributed by atoms with E-state index in [1.165, 1.54) is 30.2 Å². The van der Waals surface area contributed by atoms with Gasteiger partial charge in [0.2, 0.25) is 0 Å². The van der Waals surface area contributed by atoms with Crippen LogP contribution in [0.4, 0.5) is 10.8 Å². The number of thiazole rings is 1. The lowest BCUT2D eigenvalue weighted by molar-refractivity contribution is -0.142. The predicted octanol–water partition coefficient (Wildman–Crippen LogP) is 5.83. The number of hydrogen-bond acceptors (Lipinski definition) is 8. The molecule has 37 heavy (non-hydrogen) atoms. The number of esters is 1. The molecule has 0 aliphatic rings. The molecule has 0 unspecified atom stereocenters. The summed E-state index contributed by atoms with van der Waals surface area (Å²) in [7, 11) is 1.28. The van der Waals surface area contributed by atoms with Crippen LogP contribution < -0.4 is 15.5 Å². The minimum absolute atomic E-state index is 0.244. The van der Waals surface area contributed by atoms with Gasteiger partial charge in [-0.05, 0) is 55.0 Å². The zero-order valence-corrected chi connectivity index (χ0v) is 21.6. The number of hydrogen-bond donors (Lipinski definition) is 2. The van der Waals surface area contributed by atoms with Crippen LogP contribution in [0.3, 0.4) is 0 Å². The third kappa shape index (κ3) is 7.16. The van der Waals surface area contributed by atoms with Crippen LogP contribution in [0.25, 0.3) is 11.3 Å². The number of aromatic nitrogens is 1. The lowest BCUT2D eigenvalue weighted by Crippen LogP contribution is -2.17. The molecule has 1 aromatic heterocycles. The van der Waals surface area contributed by atoms with Crippen LogP contribution in [0.2, 0.25) is 5.02 Å². The Hall–Kier alpha value is -4.21. The van der Waals surface area contributed by atoms with Gasteiger partial charge in [0, 0.05) is 22.2 Å². The Bertz CT molecular complexity index is 1420. The number of benzene rings is 3. The first kappa shape index (κ1) is 25.9. The van der Waals surface area contributed by atoms with Crippen LogP contribution in [-0.2, 0) is 9.53 Å². The van der Waals surface area contributed by atoms with Crippen molar-refractivity contribution >= 4 is 51.8 Å². The first-order chi connectivity index (χ1) is 17.9. The van der Waals surface area contributed by atoms with Crippen LogP contribution in [-0.4, -0.2) is 36.8 Å². The Kier molecular flexibility index (Phi) is 8.50. The van der Waals surface area contributed by atoms with Crippen molar-refractivity contribution in [1.29, 1.82) is 0 Å². The highest BCUT2D eigenvalue weighted by Crippen LogP contribution is 2.28. The smallest absolute Gasteiger partial charge is 0.343 e. The van der Waals surface area contributed by atoms with E-state index in [2.05, 4.69) is 25.6 Å². The number of amides is 1. The van der Waals surface area contributed by atoms with Gasteiger partial charge in [0.05, 0.1) is 24.0 Å². The predicted molar refractivity (Wildman–Crippen MR) is 146 cm³/mol. The Morgan fingerprint density at radius 1 is 1.08 bits per heavy atom. The molecule has 0 radical (unpaired) electrons. The number of halogens is 1. The van der Waals surface area contributed by atoms with E-state index < -0.39 is 5.97 Å². The van der Waals surface area contributed by atoms with E-state index in [-0.39, 0.29) is 12.5 Å². The molecule has 1 amide bonds. The van der Waals surface area contributed by atoms with E-state index in [1.54, 1.807) is 30.3 Å². The summed E-state index contributed by atoms with van der Waals surface area (Å²) in [6, 6.07) is 20.1. The van der Waals surface area contributed by atoms with Gasteiger partial charge in [-0.25, -0.2) is 15.2 Å². The lowest BCUT2D eigenvalue weighted by Gasteiger charge is -2.07. The van der Waals surface area contributed by atoms with Crippen molar-refractivity contribution < 1.29 is 19.1 Å². The van der Waals surface area contributed by atoms with Crippen molar-refractivity contribution in [1.82, 2.24) is 10.4 Å². The molecule has 4 aromatic rings. The summed E-state index contributed by atoms with van der Waals surface area (Å²) >= 11 is 7.68. The van der Waals surface area contributed by atoms with Crippen molar-refractivity contribution in [2.24, 2.45) is 5.10 Å². The second-order valence-electron chi connectivity index (χ2n) is 7.86. The fraction of sp³-hybridized carbons (Fsp3) is 0.111. The van der Waals surface area contributed by atoms with Gasteiger partial charge < -0.3 is 14.8 Å². The number of carbonyl (C=O) groups is 2. The van der Waals surface area contributed by atoms with Crippen LogP contribution in [0, 0.1) is 6.92 Å². The average molecular weight is 535 g/mol. The molecule has 188 valence electrons. The number of aryl methyl sites for hydroxylation is 1. The minimum Gasteiger partial charge on any atom is -0.480 e. The Morgan fingerprint density at radius 3 is 2.54 bits per heavy atom. The molecule has 0 atom stereocenters. The van der Waals surface area contributed by atoms with Crippen molar-refractivity contribution in [2.75, 3.05) is 19.0 Å². The maximum atomic E-state index is 12.5. The van der Waals surface area contributed by atoms with Gasteiger partial charge in [-0.2, -0.15) is 5.10 Å². The highest BCUT2D eigenvalue weighted by atomic mass is 35.5. The molecule has 1 heterocycles. The zero-order chi connectivity index (χ0) is 26.2. The first-order valence-corrected chi connectivity index (χ1v) is 12.4. The summed E-state index contributed by atoms with van der Waals surface area (Å²) in [5.41, 5.74) is 7.49. The second-order valence-corrected chi connectivity index (χ2v) is 9.13. The molecule has 8 nitrogen and oxygen atoms in total. The number of methoxy groups -OCH3 is 1. The van der Waals surface area contributed by atoms with E-state index in [1.807, 2.05) is 48.7 Å². The minimum atomic E-state index is -0.510. The summed E-state index contributed by atoms with van der Waals surface area (Å²) in [6.07, 6.45) is 1.46. The summed E-state index contributed by atoms with van der Waals surface area (Å²) in [5.74, 6) is -0.526. The van der Waals surface area contributed by atoms with E-state index in [0.29, 0.717) is 21.9 Å². The number of rotatable bonds is 9. The van der Waals surface area contributed by atoms with Crippen molar-refractivity contribution in [2.45, 2.75) is 6.92 Å². The molecular weight excluding hydrogens is 512 g/mol. The van der Waals surface area contributed by atoms with Gasteiger partial charge in [-0.3, -0.25) is 4.79 Å². The molecule has 0 aliphatic heterocycles. The van der Waals surface area contributed by atoms with Crippen molar-refractivity contribution in [3.05, 3.63) is 93.8 Å². The molecule has 2 N–H and O–H groups in total. The molecule has 4 rings (SSSR count). The van der Waals surface area contributed by atoms with E-state index in [9.17, 15) is 9.59 Å². The SMILES string of the molecule is COC(=O)COc1ccc(/C=N\NC(=O)c2ccc(-c3csc(Nc4ccc(C)cc4)n3)cc2)cc1Cl. The fourth-order valence-electron chi connectivity index (χ4n) is 3.16. The number of nitrogens with zero attached hydrogens (tertiary/aromatic N) is 2. The highest BCUT2D eigenvalue weighted by molar-refractivity contribution is 7.14. The molecule has 0 fully saturated rings. The number of nitrogens with one attached hydrogen (secondary N) is 2. The molecule has 3 aromatic carbocycles. The average Bonchev–Trinajstić information content (AvgIpc) is 3.38. The summed E-state index contributed by atoms with van der Waals surface area (Å²) in [4.78, 5) is 28.3. The van der Waals surface area contributed by atoms with Gasteiger partial charge in [-0.15, -0.1) is 11.3 Å². The lowest BCUT2D eigenvalue weighted by atomic mass is 10.1. The van der Waals surface area contributed by atoms with E-state index >= 15 is 0 Å². The maximum absolute atomic E-state index is 12.5. The van der Waals surface area contributed by atoms with Gasteiger partial charge in [0.25, 0.3) is 5.91 Å². The van der Waals surface area contributed by atoms with Gasteiger partial charge >= 0.3 is 5.97 Å². The van der Waals surface area contributed by atoms with Crippen LogP contribution in [0.1, 0.15) is 21.5 Å². The molecule has 0 saturated carbocycles. The number of hydrazone groups is 1. The van der Waals surface area contributed by atoms with Crippen LogP contribution >= 0.6 is 22.9 Å². The Balaban J connectivity index is 1.32. The van der Waals surface area contributed by atoms with Crippen molar-refractivity contribution in [3.63, 3.8) is 0 Å². The third-order valence-electron chi connectivity index (χ3n) is 5.16. The fourth-order valence-corrected chi connectivity index (χ4v) is 4.14. The molecule has 0 saturated heterocycles. The quantitative estimate of drug-likeness (QED) is 0.159. The number of ether oxygens (including phenoxy) is 2. The topological polar surface area (TPSA) is 102 Å². The third-order valence-corrected chi connectivity index (χ3v) is 6.21. The molecule has 10 heteroatoms.